The summed E-state index contributed by atoms with van der Waals surface area (Å²) in [5.41, 5.74) is 3.29. The molecule has 3 aliphatic heterocycles. The Labute approximate surface area is 657 Å². The minimum atomic E-state index is -0.114. The number of likely N-dealkylation sites (N-methyl/N-ethyl adjacent to an activating group) is 2. The van der Waals surface area contributed by atoms with Gasteiger partial charge in [0, 0.05) is 213 Å². The first-order valence-corrected chi connectivity index (χ1v) is 36.7. The highest BCUT2D eigenvalue weighted by Crippen LogP contribution is 2.49. The number of anilines is 3. The number of ketones is 3. The first kappa shape index (κ1) is 81.4. The molecule has 23 nitrogen and oxygen atoms in total. The first-order chi connectivity index (χ1) is 51.8. The van der Waals surface area contributed by atoms with E-state index in [1.54, 1.807) is 60.3 Å². The molecule has 0 unspecified atom stereocenters. The van der Waals surface area contributed by atoms with Gasteiger partial charge in [0.25, 0.3) is 0 Å². The van der Waals surface area contributed by atoms with E-state index in [2.05, 4.69) is 101 Å². The average molecular weight is 1590 g/mol. The number of pyridine rings is 6. The summed E-state index contributed by atoms with van der Waals surface area (Å²) in [6, 6.07) is 16.4. The van der Waals surface area contributed by atoms with Crippen molar-refractivity contribution in [2.45, 2.75) is 44.3 Å². The zero-order valence-corrected chi connectivity index (χ0v) is 66.1. The Bertz CT molecular complexity index is 4800. The number of ether oxygens (including phenoxy) is 6. The standard InChI is InChI=1S/C28H33Cl2N5O3.C26H26Cl2N4O4.C25H26Cl2N4O3/c1-6-20(36)9-19-15-35(8-7-34(2)3)16-22(19)33-25-11-18-13-31-21(10-17(18)14-32-25)26-27(29)23(37-4)12-24(38-5)28(26)30;1-5-18(34)6-17-12-32(14(2)33)13-20(17)31-23-8-16-10-29-19(7-15(16)11-30-23)24-25(27)21(35-3)9-22(36-4)26(24)28;1-5-17(32)6-16-12-31(2)13-19(16)30-22-8-15-10-28-18(7-14(15)11-29-22)23-24(26)20(33-3)9-21(34-4)25(23)27/h6,10-14,19,22H,1,7-9,15-16H2,2-5H3,(H,32,33);5,7-11,17,20H,1,6,12-13H2,2-4H3,(H,30,31);5,7-11,16,19H,1,6,12-13H2,2-4H3,(H,29,30)/t19-,22+;17-,20+;16-,19+/m000/s1. The Morgan fingerprint density at radius 2 is 0.731 bits per heavy atom. The molecule has 1 amide bonds. The molecule has 568 valence electrons. The quantitative estimate of drug-likeness (QED) is 0.0405. The molecule has 6 atom stereocenters. The van der Waals surface area contributed by atoms with Crippen LogP contribution < -0.4 is 44.4 Å². The Kier molecular flexibility index (Phi) is 27.8. The summed E-state index contributed by atoms with van der Waals surface area (Å²) < 4.78 is 32.3. The Morgan fingerprint density at radius 3 is 1.05 bits per heavy atom. The molecule has 9 heterocycles. The second-order valence-electron chi connectivity index (χ2n) is 26.7. The van der Waals surface area contributed by atoms with E-state index in [9.17, 15) is 19.2 Å². The van der Waals surface area contributed by atoms with E-state index < -0.39 is 0 Å². The maximum atomic E-state index is 12.2. The van der Waals surface area contributed by atoms with Gasteiger partial charge in [-0.15, -0.1) is 0 Å². The van der Waals surface area contributed by atoms with E-state index in [4.69, 9.17) is 98.0 Å². The van der Waals surface area contributed by atoms with Crippen molar-refractivity contribution in [3.05, 3.63) is 160 Å². The van der Waals surface area contributed by atoms with Gasteiger partial charge >= 0.3 is 0 Å². The van der Waals surface area contributed by atoms with Gasteiger partial charge in [-0.1, -0.05) is 89.3 Å². The second kappa shape index (κ2) is 36.8. The number of methoxy groups -OCH3 is 6. The van der Waals surface area contributed by atoms with E-state index in [1.807, 2.05) is 36.4 Å². The summed E-state index contributed by atoms with van der Waals surface area (Å²) in [5, 5.41) is 17.8. The molecular formula is C79H85Cl6N13O10. The summed E-state index contributed by atoms with van der Waals surface area (Å²) in [6.45, 7) is 18.6. The summed E-state index contributed by atoms with van der Waals surface area (Å²) in [6.07, 6.45) is 15.9. The number of likely N-dealkylation sites (tertiary alicyclic amines) is 3. The lowest BCUT2D eigenvalue weighted by Gasteiger charge is -2.20. The molecule has 3 saturated heterocycles. The van der Waals surface area contributed by atoms with Crippen molar-refractivity contribution in [1.82, 2.24) is 49.5 Å². The van der Waals surface area contributed by atoms with Crippen molar-refractivity contribution in [1.29, 1.82) is 0 Å². The predicted molar refractivity (Wildman–Crippen MR) is 431 cm³/mol. The molecule has 0 aliphatic carbocycles. The molecule has 3 N–H and O–H groups in total. The lowest BCUT2D eigenvalue weighted by atomic mass is 9.97. The van der Waals surface area contributed by atoms with Crippen molar-refractivity contribution in [3.63, 3.8) is 0 Å². The zero-order valence-electron chi connectivity index (χ0n) is 61.6. The van der Waals surface area contributed by atoms with Crippen LogP contribution in [0.3, 0.4) is 0 Å². The third kappa shape index (κ3) is 19.1. The molecule has 0 spiro atoms. The van der Waals surface area contributed by atoms with E-state index in [-0.39, 0.29) is 59.1 Å². The van der Waals surface area contributed by atoms with Gasteiger partial charge < -0.3 is 59.1 Å². The summed E-state index contributed by atoms with van der Waals surface area (Å²) in [5.74, 6) is 5.12. The van der Waals surface area contributed by atoms with E-state index in [1.165, 1.54) is 67.8 Å². The minimum absolute atomic E-state index is 0.0231. The van der Waals surface area contributed by atoms with Gasteiger partial charge in [-0.2, -0.15) is 0 Å². The summed E-state index contributed by atoms with van der Waals surface area (Å²) >= 11 is 39.4. The predicted octanol–water partition coefficient (Wildman–Crippen LogP) is 15.2. The fourth-order valence-corrected chi connectivity index (χ4v) is 15.6. The number of aromatic nitrogens is 6. The second-order valence-corrected chi connectivity index (χ2v) is 28.9. The Morgan fingerprint density at radius 1 is 0.435 bits per heavy atom. The molecule has 6 aromatic heterocycles. The maximum absolute atomic E-state index is 12.2. The van der Waals surface area contributed by atoms with Crippen molar-refractivity contribution in [2.24, 2.45) is 17.8 Å². The zero-order chi connectivity index (χ0) is 77.8. The van der Waals surface area contributed by atoms with Crippen LogP contribution in [0.25, 0.3) is 66.1 Å². The van der Waals surface area contributed by atoms with Crippen LogP contribution >= 0.6 is 69.6 Å². The van der Waals surface area contributed by atoms with Gasteiger partial charge in [-0.25, -0.2) is 15.0 Å². The van der Waals surface area contributed by atoms with Crippen molar-refractivity contribution in [2.75, 3.05) is 132 Å². The number of hydrogen-bond acceptors (Lipinski definition) is 22. The lowest BCUT2D eigenvalue weighted by Crippen LogP contribution is -2.32. The van der Waals surface area contributed by atoms with Crippen LogP contribution in [0.15, 0.2) is 130 Å². The Balaban J connectivity index is 0.000000173. The lowest BCUT2D eigenvalue weighted by molar-refractivity contribution is -0.128. The third-order valence-corrected chi connectivity index (χ3v) is 21.5. The summed E-state index contributed by atoms with van der Waals surface area (Å²) in [7, 11) is 15.4. The number of rotatable bonds is 27. The van der Waals surface area contributed by atoms with Crippen LogP contribution in [0.1, 0.15) is 26.2 Å². The molecule has 29 heteroatoms. The molecule has 3 aromatic carbocycles. The van der Waals surface area contributed by atoms with Crippen molar-refractivity contribution < 1.29 is 47.6 Å². The molecule has 12 rings (SSSR count). The molecular weight excluding hydrogens is 1500 g/mol. The fourth-order valence-electron chi connectivity index (χ4n) is 13.5. The minimum Gasteiger partial charge on any atom is -0.495 e. The smallest absolute Gasteiger partial charge is 0.219 e. The van der Waals surface area contributed by atoms with Gasteiger partial charge in [0.1, 0.15) is 52.0 Å². The van der Waals surface area contributed by atoms with Crippen molar-refractivity contribution >= 4 is 143 Å². The highest BCUT2D eigenvalue weighted by molar-refractivity contribution is 6.42. The number of nitrogens with one attached hydrogen (secondary N) is 3. The topological polar surface area (TPSA) is 250 Å². The largest absolute Gasteiger partial charge is 0.495 e. The van der Waals surface area contributed by atoms with E-state index in [0.29, 0.717) is 137 Å². The number of hydrogen-bond donors (Lipinski definition) is 3. The fraction of sp³-hybridized carbons (Fsp3) is 0.342. The molecule has 108 heavy (non-hydrogen) atoms. The van der Waals surface area contributed by atoms with Crippen LogP contribution in [0.2, 0.25) is 30.1 Å². The van der Waals surface area contributed by atoms with Gasteiger partial charge in [-0.3, -0.25) is 39.0 Å². The average Bonchev–Trinajstić information content (AvgIpc) is 1.01. The van der Waals surface area contributed by atoms with Gasteiger partial charge in [0.15, 0.2) is 17.3 Å². The normalized spacial score (nSPS) is 17.7. The van der Waals surface area contributed by atoms with Crippen LogP contribution in [-0.2, 0) is 19.2 Å². The van der Waals surface area contributed by atoms with Crippen LogP contribution in [-0.4, -0.2) is 207 Å². The number of halogens is 6. The molecule has 9 aromatic rings. The third-order valence-electron chi connectivity index (χ3n) is 19.3. The Hall–Kier alpha value is -9.14. The molecule has 3 aliphatic rings. The van der Waals surface area contributed by atoms with Crippen LogP contribution in [0, 0.1) is 17.8 Å². The maximum Gasteiger partial charge on any atom is 0.219 e. The van der Waals surface area contributed by atoms with Gasteiger partial charge in [0.2, 0.25) is 5.91 Å². The highest BCUT2D eigenvalue weighted by Gasteiger charge is 2.37. The van der Waals surface area contributed by atoms with E-state index >= 15 is 0 Å². The van der Waals surface area contributed by atoms with Crippen molar-refractivity contribution in [3.8, 4) is 68.3 Å². The number of amides is 1. The molecule has 0 saturated carbocycles. The van der Waals surface area contributed by atoms with E-state index in [0.717, 1.165) is 83.2 Å². The van der Waals surface area contributed by atoms with Gasteiger partial charge in [0.05, 0.1) is 95.9 Å². The monoisotopic (exact) mass is 1590 g/mol. The SMILES string of the molecule is C=CC(=O)C[C@H]1CN(C(C)=O)C[C@H]1Nc1cc2cnc(-c3c(Cl)c(OC)cc(OC)c3Cl)cc2cn1.C=CC(=O)C[C@H]1CN(C)C[C@H]1Nc1cc2cnc(-c3c(Cl)c(OC)cc(OC)c3Cl)cc2cn1.C=CC(=O)C[C@H]1CN(CCN(C)C)C[C@H]1Nc1cc2cnc(-c3c(Cl)c(OC)cc(OC)c3Cl)cc2cn1. The number of fused-ring (bicyclic) bond motifs is 3. The first-order valence-electron chi connectivity index (χ1n) is 34.5. The van der Waals surface area contributed by atoms with Crippen LogP contribution in [0.4, 0.5) is 17.5 Å². The van der Waals surface area contributed by atoms with Gasteiger partial charge in [-0.05, 0) is 75.8 Å². The molecule has 0 bridgehead atoms. The number of allylic oxidation sites excluding steroid dienone is 3. The number of benzene rings is 3. The molecule has 3 fully saturated rings. The number of carbonyl (C=O) groups excluding carboxylic acids is 4. The number of carbonyl (C=O) groups is 4. The summed E-state index contributed by atoms with van der Waals surface area (Å²) in [4.78, 5) is 84.1. The molecule has 0 radical (unpaired) electrons. The highest BCUT2D eigenvalue weighted by atomic mass is 35.5. The number of nitrogens with zero attached hydrogens (tertiary/aromatic N) is 10. The van der Waals surface area contributed by atoms with Crippen LogP contribution in [0.5, 0.6) is 34.5 Å².